The maximum atomic E-state index is 11.1. The van der Waals surface area contributed by atoms with Gasteiger partial charge in [-0.1, -0.05) is 13.8 Å². The van der Waals surface area contributed by atoms with Gasteiger partial charge in [-0.05, 0) is 19.2 Å². The van der Waals surface area contributed by atoms with E-state index < -0.39 is 0 Å². The zero-order valence-corrected chi connectivity index (χ0v) is 10.9. The van der Waals surface area contributed by atoms with Gasteiger partial charge in [0.2, 0.25) is 0 Å². The van der Waals surface area contributed by atoms with Crippen molar-refractivity contribution in [1.82, 2.24) is 10.2 Å². The van der Waals surface area contributed by atoms with Crippen molar-refractivity contribution in [2.24, 2.45) is 5.92 Å². The second-order valence-electron chi connectivity index (χ2n) is 3.91. The van der Waals surface area contributed by atoms with Gasteiger partial charge in [0.15, 0.2) is 0 Å². The summed E-state index contributed by atoms with van der Waals surface area (Å²) in [5, 5.41) is 2.70. The van der Waals surface area contributed by atoms with Crippen LogP contribution in [0.5, 0.6) is 0 Å². The third-order valence-corrected chi connectivity index (χ3v) is 2.41. The number of hydrogen-bond donors (Lipinski definition) is 1. The number of carbonyl (C=O) groups excluding carboxylic acids is 1. The fourth-order valence-corrected chi connectivity index (χ4v) is 1.49. The molecule has 0 fully saturated rings. The average Bonchev–Trinajstić information content (AvgIpc) is 2.15. The van der Waals surface area contributed by atoms with Gasteiger partial charge in [0.05, 0.1) is 0 Å². The summed E-state index contributed by atoms with van der Waals surface area (Å²) in [6.45, 7) is 5.98. The van der Waals surface area contributed by atoms with Crippen LogP contribution in [-0.4, -0.2) is 49.9 Å². The first kappa shape index (κ1) is 14.6. The molecule has 0 spiro atoms. The second-order valence-corrected chi connectivity index (χ2v) is 4.74. The van der Waals surface area contributed by atoms with E-state index >= 15 is 0 Å². The zero-order chi connectivity index (χ0) is 11.7. The van der Waals surface area contributed by atoms with Gasteiger partial charge in [0.25, 0.3) is 0 Å². The topological polar surface area (TPSA) is 41.6 Å². The SMILES string of the molecule is CSCN(C)CCOC(=O)NCC(C)C. The van der Waals surface area contributed by atoms with Crippen molar-refractivity contribution in [2.75, 3.05) is 38.9 Å². The quantitative estimate of drug-likeness (QED) is 0.680. The highest BCUT2D eigenvalue weighted by Gasteiger charge is 2.03. The van der Waals surface area contributed by atoms with Crippen LogP contribution in [0, 0.1) is 5.92 Å². The van der Waals surface area contributed by atoms with Crippen LogP contribution in [0.4, 0.5) is 4.79 Å². The first-order valence-corrected chi connectivity index (χ1v) is 6.53. The molecule has 90 valence electrons. The van der Waals surface area contributed by atoms with Crippen LogP contribution in [0.15, 0.2) is 0 Å². The second kappa shape index (κ2) is 8.85. The van der Waals surface area contributed by atoms with Gasteiger partial charge in [0, 0.05) is 19.0 Å². The standard InChI is InChI=1S/C10H22N2O2S/c1-9(2)7-11-10(13)14-6-5-12(3)8-15-4/h9H,5-8H2,1-4H3,(H,11,13). The number of amides is 1. The maximum absolute atomic E-state index is 11.1. The molecule has 0 aliphatic rings. The van der Waals surface area contributed by atoms with E-state index in [0.717, 1.165) is 12.4 Å². The van der Waals surface area contributed by atoms with E-state index in [1.807, 2.05) is 27.2 Å². The van der Waals surface area contributed by atoms with Gasteiger partial charge in [-0.2, -0.15) is 0 Å². The van der Waals surface area contributed by atoms with Crippen LogP contribution in [-0.2, 0) is 4.74 Å². The van der Waals surface area contributed by atoms with Crippen LogP contribution in [0.2, 0.25) is 0 Å². The van der Waals surface area contributed by atoms with E-state index in [9.17, 15) is 4.79 Å². The Morgan fingerprint density at radius 1 is 1.53 bits per heavy atom. The van der Waals surface area contributed by atoms with E-state index in [-0.39, 0.29) is 6.09 Å². The lowest BCUT2D eigenvalue weighted by Crippen LogP contribution is -2.31. The molecule has 0 aliphatic carbocycles. The predicted octanol–water partition coefficient (Wildman–Crippen LogP) is 1.62. The molecule has 0 aromatic heterocycles. The molecule has 0 radical (unpaired) electrons. The highest BCUT2D eigenvalue weighted by atomic mass is 32.2. The monoisotopic (exact) mass is 234 g/mol. The average molecular weight is 234 g/mol. The van der Waals surface area contributed by atoms with Crippen molar-refractivity contribution >= 4 is 17.9 Å². The summed E-state index contributed by atoms with van der Waals surface area (Å²) in [7, 11) is 2.01. The Balaban J connectivity index is 3.38. The van der Waals surface area contributed by atoms with Crippen LogP contribution in [0.1, 0.15) is 13.8 Å². The summed E-state index contributed by atoms with van der Waals surface area (Å²) in [6, 6.07) is 0. The fourth-order valence-electron chi connectivity index (χ4n) is 0.918. The molecule has 0 atom stereocenters. The number of nitrogens with one attached hydrogen (secondary N) is 1. The molecule has 0 bridgehead atoms. The first-order chi connectivity index (χ1) is 7.06. The minimum atomic E-state index is -0.318. The Hall–Kier alpha value is -0.420. The molecular weight excluding hydrogens is 212 g/mol. The summed E-state index contributed by atoms with van der Waals surface area (Å²) < 4.78 is 5.01. The number of carbonyl (C=O) groups is 1. The third-order valence-electron chi connectivity index (χ3n) is 1.71. The van der Waals surface area contributed by atoms with Crippen LogP contribution < -0.4 is 5.32 Å². The van der Waals surface area contributed by atoms with Crippen LogP contribution >= 0.6 is 11.8 Å². The van der Waals surface area contributed by atoms with E-state index in [1.54, 1.807) is 11.8 Å². The number of likely N-dealkylation sites (N-methyl/N-ethyl adjacent to an activating group) is 1. The van der Waals surface area contributed by atoms with Gasteiger partial charge in [-0.15, -0.1) is 11.8 Å². The minimum Gasteiger partial charge on any atom is -0.448 e. The lowest BCUT2D eigenvalue weighted by Gasteiger charge is -2.15. The van der Waals surface area contributed by atoms with Crippen LogP contribution in [0.3, 0.4) is 0 Å². The molecule has 15 heavy (non-hydrogen) atoms. The largest absolute Gasteiger partial charge is 0.448 e. The molecule has 0 aliphatic heterocycles. The number of ether oxygens (including phenoxy) is 1. The Morgan fingerprint density at radius 2 is 2.20 bits per heavy atom. The summed E-state index contributed by atoms with van der Waals surface area (Å²) in [5.74, 6) is 1.41. The molecule has 1 N–H and O–H groups in total. The lowest BCUT2D eigenvalue weighted by atomic mass is 10.2. The number of nitrogens with zero attached hydrogens (tertiary/aromatic N) is 1. The Kier molecular flexibility index (Phi) is 8.61. The highest BCUT2D eigenvalue weighted by Crippen LogP contribution is 1.95. The van der Waals surface area contributed by atoms with Crippen molar-refractivity contribution in [2.45, 2.75) is 13.8 Å². The van der Waals surface area contributed by atoms with E-state index in [4.69, 9.17) is 4.74 Å². The van der Waals surface area contributed by atoms with E-state index in [1.165, 1.54) is 0 Å². The Morgan fingerprint density at radius 3 is 2.73 bits per heavy atom. The minimum absolute atomic E-state index is 0.318. The Labute approximate surface area is 96.7 Å². The molecule has 0 rings (SSSR count). The van der Waals surface area contributed by atoms with E-state index in [0.29, 0.717) is 19.1 Å². The number of rotatable bonds is 7. The Bertz CT molecular complexity index is 177. The van der Waals surface area contributed by atoms with Gasteiger partial charge in [0.1, 0.15) is 6.61 Å². The molecule has 1 amide bonds. The third kappa shape index (κ3) is 9.87. The predicted molar refractivity (Wildman–Crippen MR) is 65.2 cm³/mol. The molecule has 0 saturated heterocycles. The van der Waals surface area contributed by atoms with Gasteiger partial charge in [-0.3, -0.25) is 4.90 Å². The summed E-state index contributed by atoms with van der Waals surface area (Å²) >= 11 is 1.75. The molecule has 4 nitrogen and oxygen atoms in total. The van der Waals surface area contributed by atoms with Crippen molar-refractivity contribution in [3.8, 4) is 0 Å². The summed E-state index contributed by atoms with van der Waals surface area (Å²) in [5.41, 5.74) is 0. The first-order valence-electron chi connectivity index (χ1n) is 5.14. The number of alkyl carbamates (subject to hydrolysis) is 1. The molecule has 0 unspecified atom stereocenters. The molecule has 5 heteroatoms. The smallest absolute Gasteiger partial charge is 0.407 e. The van der Waals surface area contributed by atoms with Crippen LogP contribution in [0.25, 0.3) is 0 Å². The summed E-state index contributed by atoms with van der Waals surface area (Å²) in [4.78, 5) is 13.2. The number of thioether (sulfide) groups is 1. The van der Waals surface area contributed by atoms with E-state index in [2.05, 4.69) is 10.2 Å². The van der Waals surface area contributed by atoms with Gasteiger partial charge >= 0.3 is 6.09 Å². The van der Waals surface area contributed by atoms with Gasteiger partial charge in [-0.25, -0.2) is 4.79 Å². The molecular formula is C10H22N2O2S. The van der Waals surface area contributed by atoms with Crippen molar-refractivity contribution in [1.29, 1.82) is 0 Å². The van der Waals surface area contributed by atoms with Gasteiger partial charge < -0.3 is 10.1 Å². The lowest BCUT2D eigenvalue weighted by molar-refractivity contribution is 0.135. The zero-order valence-electron chi connectivity index (χ0n) is 10.1. The fraction of sp³-hybridized carbons (Fsp3) is 0.900. The highest BCUT2D eigenvalue weighted by molar-refractivity contribution is 7.98. The molecule has 0 aromatic carbocycles. The van der Waals surface area contributed by atoms with Crippen molar-refractivity contribution in [3.63, 3.8) is 0 Å². The number of hydrogen-bond acceptors (Lipinski definition) is 4. The molecule has 0 heterocycles. The maximum Gasteiger partial charge on any atom is 0.407 e. The van der Waals surface area contributed by atoms with Crippen molar-refractivity contribution in [3.05, 3.63) is 0 Å². The summed E-state index contributed by atoms with van der Waals surface area (Å²) in [6.07, 6.45) is 1.73. The molecule has 0 aromatic rings. The van der Waals surface area contributed by atoms with Crippen molar-refractivity contribution < 1.29 is 9.53 Å². The molecule has 0 saturated carbocycles. The normalized spacial score (nSPS) is 10.8.